The lowest BCUT2D eigenvalue weighted by atomic mass is 10.1. The van der Waals surface area contributed by atoms with Crippen LogP contribution in [0.1, 0.15) is 18.9 Å². The van der Waals surface area contributed by atoms with Crippen molar-refractivity contribution in [3.63, 3.8) is 0 Å². The predicted molar refractivity (Wildman–Crippen MR) is 79.2 cm³/mol. The fraction of sp³-hybridized carbons (Fsp3) is 0.250. The number of para-hydroxylation sites is 1. The zero-order valence-electron chi connectivity index (χ0n) is 11.4. The SMILES string of the molecule is CCC(N)Cc1cnc(-c2cc3ccccc3o2)nc1. The van der Waals surface area contributed by atoms with Gasteiger partial charge in [0, 0.05) is 23.8 Å². The van der Waals surface area contributed by atoms with Crippen LogP contribution in [0, 0.1) is 0 Å². The molecule has 0 saturated heterocycles. The first-order valence-electron chi connectivity index (χ1n) is 6.81. The third-order valence-electron chi connectivity index (χ3n) is 3.37. The first kappa shape index (κ1) is 12.8. The fourth-order valence-corrected chi connectivity index (χ4v) is 2.13. The number of nitrogens with two attached hydrogens (primary N) is 1. The molecule has 2 heterocycles. The third kappa shape index (κ3) is 2.56. The van der Waals surface area contributed by atoms with Crippen molar-refractivity contribution in [3.05, 3.63) is 48.3 Å². The zero-order valence-corrected chi connectivity index (χ0v) is 11.4. The van der Waals surface area contributed by atoms with Crippen molar-refractivity contribution in [3.8, 4) is 11.6 Å². The van der Waals surface area contributed by atoms with E-state index in [2.05, 4.69) is 16.9 Å². The highest BCUT2D eigenvalue weighted by atomic mass is 16.3. The van der Waals surface area contributed by atoms with Gasteiger partial charge in [0.15, 0.2) is 11.6 Å². The minimum atomic E-state index is 0.163. The lowest BCUT2D eigenvalue weighted by molar-refractivity contribution is 0.623. The fourth-order valence-electron chi connectivity index (χ4n) is 2.13. The topological polar surface area (TPSA) is 64.9 Å². The Bertz CT molecular complexity index is 670. The van der Waals surface area contributed by atoms with E-state index in [9.17, 15) is 0 Å². The molecule has 1 atom stereocenters. The van der Waals surface area contributed by atoms with Crippen LogP contribution >= 0.6 is 0 Å². The average molecular weight is 267 g/mol. The summed E-state index contributed by atoms with van der Waals surface area (Å²) in [5, 5.41) is 1.06. The van der Waals surface area contributed by atoms with Crippen LogP contribution in [-0.2, 0) is 6.42 Å². The summed E-state index contributed by atoms with van der Waals surface area (Å²) in [5.41, 5.74) is 7.84. The van der Waals surface area contributed by atoms with Crippen LogP contribution in [0.3, 0.4) is 0 Å². The summed E-state index contributed by atoms with van der Waals surface area (Å²) in [6.07, 6.45) is 5.40. The van der Waals surface area contributed by atoms with E-state index in [0.717, 1.165) is 29.4 Å². The Kier molecular flexibility index (Phi) is 3.48. The normalized spacial score (nSPS) is 12.7. The molecular formula is C16H17N3O. The van der Waals surface area contributed by atoms with E-state index in [1.54, 1.807) is 0 Å². The second-order valence-corrected chi connectivity index (χ2v) is 4.94. The molecule has 0 radical (unpaired) electrons. The smallest absolute Gasteiger partial charge is 0.195 e. The number of hydrogen-bond acceptors (Lipinski definition) is 4. The molecule has 0 fully saturated rings. The van der Waals surface area contributed by atoms with Crippen molar-refractivity contribution in [2.24, 2.45) is 5.73 Å². The number of nitrogens with zero attached hydrogens (tertiary/aromatic N) is 2. The molecule has 4 heteroatoms. The summed E-state index contributed by atoms with van der Waals surface area (Å²) in [5.74, 6) is 1.30. The maximum Gasteiger partial charge on any atom is 0.195 e. The van der Waals surface area contributed by atoms with Crippen molar-refractivity contribution >= 4 is 11.0 Å². The van der Waals surface area contributed by atoms with Gasteiger partial charge in [-0.1, -0.05) is 25.1 Å². The monoisotopic (exact) mass is 267 g/mol. The maximum atomic E-state index is 5.93. The average Bonchev–Trinajstić information content (AvgIpc) is 2.91. The maximum absolute atomic E-state index is 5.93. The quantitative estimate of drug-likeness (QED) is 0.788. The largest absolute Gasteiger partial charge is 0.453 e. The second-order valence-electron chi connectivity index (χ2n) is 4.94. The highest BCUT2D eigenvalue weighted by Gasteiger charge is 2.09. The van der Waals surface area contributed by atoms with Gasteiger partial charge in [0.2, 0.25) is 0 Å². The molecule has 0 aliphatic carbocycles. The van der Waals surface area contributed by atoms with Gasteiger partial charge in [0.05, 0.1) is 0 Å². The molecule has 4 nitrogen and oxygen atoms in total. The summed E-state index contributed by atoms with van der Waals surface area (Å²) in [6.45, 7) is 2.08. The second kappa shape index (κ2) is 5.43. The van der Waals surface area contributed by atoms with E-state index in [-0.39, 0.29) is 6.04 Å². The molecule has 0 bridgehead atoms. The summed E-state index contributed by atoms with van der Waals surface area (Å²) < 4.78 is 5.75. The predicted octanol–water partition coefficient (Wildman–Crippen LogP) is 3.17. The number of aromatic nitrogens is 2. The van der Waals surface area contributed by atoms with Crippen LogP contribution in [0.15, 0.2) is 47.1 Å². The van der Waals surface area contributed by atoms with Crippen LogP contribution in [0.4, 0.5) is 0 Å². The van der Waals surface area contributed by atoms with E-state index in [1.165, 1.54) is 0 Å². The Balaban J connectivity index is 1.86. The van der Waals surface area contributed by atoms with Gasteiger partial charge in [-0.3, -0.25) is 0 Å². The Morgan fingerprint density at radius 2 is 1.95 bits per heavy atom. The number of rotatable bonds is 4. The van der Waals surface area contributed by atoms with Gasteiger partial charge in [0.1, 0.15) is 5.58 Å². The molecule has 3 rings (SSSR count). The summed E-state index contributed by atoms with van der Waals surface area (Å²) >= 11 is 0. The van der Waals surface area contributed by atoms with E-state index < -0.39 is 0 Å². The van der Waals surface area contributed by atoms with E-state index >= 15 is 0 Å². The van der Waals surface area contributed by atoms with Gasteiger partial charge in [-0.25, -0.2) is 9.97 Å². The Hall–Kier alpha value is -2.20. The van der Waals surface area contributed by atoms with Crippen molar-refractivity contribution in [1.29, 1.82) is 0 Å². The van der Waals surface area contributed by atoms with Gasteiger partial charge in [0.25, 0.3) is 0 Å². The van der Waals surface area contributed by atoms with Crippen LogP contribution in [-0.4, -0.2) is 16.0 Å². The molecule has 0 spiro atoms. The molecule has 2 aromatic heterocycles. The molecule has 0 amide bonds. The Morgan fingerprint density at radius 3 is 2.65 bits per heavy atom. The Morgan fingerprint density at radius 1 is 1.20 bits per heavy atom. The van der Waals surface area contributed by atoms with Gasteiger partial charge in [-0.2, -0.15) is 0 Å². The molecule has 2 N–H and O–H groups in total. The number of hydrogen-bond donors (Lipinski definition) is 1. The van der Waals surface area contributed by atoms with Gasteiger partial charge < -0.3 is 10.2 Å². The van der Waals surface area contributed by atoms with Crippen LogP contribution in [0.25, 0.3) is 22.6 Å². The Labute approximate surface area is 117 Å². The zero-order chi connectivity index (χ0) is 13.9. The first-order valence-corrected chi connectivity index (χ1v) is 6.81. The third-order valence-corrected chi connectivity index (χ3v) is 3.37. The molecule has 0 aliphatic rings. The number of fused-ring (bicyclic) bond motifs is 1. The highest BCUT2D eigenvalue weighted by Crippen LogP contribution is 2.25. The molecule has 20 heavy (non-hydrogen) atoms. The number of furan rings is 1. The summed E-state index contributed by atoms with van der Waals surface area (Å²) in [7, 11) is 0. The minimum Gasteiger partial charge on any atom is -0.453 e. The summed E-state index contributed by atoms with van der Waals surface area (Å²) in [4.78, 5) is 8.74. The van der Waals surface area contributed by atoms with Crippen LogP contribution < -0.4 is 5.73 Å². The minimum absolute atomic E-state index is 0.163. The molecule has 1 unspecified atom stereocenters. The standard InChI is InChI=1S/C16H17N3O/c1-2-13(17)7-11-9-18-16(19-10-11)15-8-12-5-3-4-6-14(12)20-15/h3-6,8-10,13H,2,7,17H2,1H3. The van der Waals surface area contributed by atoms with E-state index in [4.69, 9.17) is 10.2 Å². The van der Waals surface area contributed by atoms with Crippen molar-refractivity contribution in [1.82, 2.24) is 9.97 Å². The molecule has 3 aromatic rings. The van der Waals surface area contributed by atoms with E-state index in [1.807, 2.05) is 42.7 Å². The van der Waals surface area contributed by atoms with Gasteiger partial charge in [-0.15, -0.1) is 0 Å². The molecular weight excluding hydrogens is 250 g/mol. The van der Waals surface area contributed by atoms with Crippen molar-refractivity contribution in [2.75, 3.05) is 0 Å². The van der Waals surface area contributed by atoms with Crippen molar-refractivity contribution < 1.29 is 4.42 Å². The van der Waals surface area contributed by atoms with Crippen molar-refractivity contribution in [2.45, 2.75) is 25.8 Å². The van der Waals surface area contributed by atoms with Gasteiger partial charge >= 0.3 is 0 Å². The lowest BCUT2D eigenvalue weighted by Gasteiger charge is -2.07. The highest BCUT2D eigenvalue weighted by molar-refractivity contribution is 5.81. The molecule has 0 aliphatic heterocycles. The van der Waals surface area contributed by atoms with Gasteiger partial charge in [-0.05, 0) is 30.5 Å². The molecule has 1 aromatic carbocycles. The van der Waals surface area contributed by atoms with Crippen LogP contribution in [0.5, 0.6) is 0 Å². The lowest BCUT2D eigenvalue weighted by Crippen LogP contribution is -2.21. The molecule has 0 saturated carbocycles. The number of benzene rings is 1. The van der Waals surface area contributed by atoms with E-state index in [0.29, 0.717) is 11.6 Å². The summed E-state index contributed by atoms with van der Waals surface area (Å²) in [6, 6.07) is 10.0. The van der Waals surface area contributed by atoms with Crippen LogP contribution in [0.2, 0.25) is 0 Å². The molecule has 102 valence electrons. The first-order chi connectivity index (χ1) is 9.76.